The van der Waals surface area contributed by atoms with E-state index >= 15 is 0 Å². The van der Waals surface area contributed by atoms with Gasteiger partial charge in [-0.3, -0.25) is 5.73 Å². The monoisotopic (exact) mass is 199 g/mol. The molecule has 3 nitrogen and oxygen atoms in total. The van der Waals surface area contributed by atoms with Crippen LogP contribution < -0.4 is 5.73 Å². The Morgan fingerprint density at radius 1 is 1.43 bits per heavy atom. The first-order chi connectivity index (χ1) is 6.68. The first-order valence-electron chi connectivity index (χ1n) is 5.36. The van der Waals surface area contributed by atoms with E-state index in [0.29, 0.717) is 12.5 Å². The zero-order valence-corrected chi connectivity index (χ0v) is 9.11. The molecule has 0 amide bonds. The molecule has 0 aromatic rings. The van der Waals surface area contributed by atoms with Crippen molar-refractivity contribution >= 4 is 0 Å². The normalized spacial score (nSPS) is 24.1. The first kappa shape index (κ1) is 11.7. The van der Waals surface area contributed by atoms with E-state index in [1.165, 1.54) is 0 Å². The van der Waals surface area contributed by atoms with Gasteiger partial charge in [0.25, 0.3) is 0 Å². The molecular weight excluding hydrogens is 178 g/mol. The van der Waals surface area contributed by atoms with Crippen LogP contribution in [0.5, 0.6) is 0 Å². The molecule has 0 aromatic carbocycles. The van der Waals surface area contributed by atoms with Crippen LogP contribution in [0, 0.1) is 5.92 Å². The Hall–Kier alpha value is -0.380. The maximum atomic E-state index is 5.68. The van der Waals surface area contributed by atoms with E-state index in [9.17, 15) is 0 Å². The predicted molar refractivity (Wildman–Crippen MR) is 56.6 cm³/mol. The Balaban J connectivity index is 2.12. The highest BCUT2D eigenvalue weighted by Crippen LogP contribution is 2.15. The van der Waals surface area contributed by atoms with Gasteiger partial charge in [-0.15, -0.1) is 0 Å². The zero-order valence-electron chi connectivity index (χ0n) is 9.11. The molecule has 0 aromatic heterocycles. The predicted octanol–water partition coefficient (Wildman–Crippen LogP) is 2.03. The second-order valence-corrected chi connectivity index (χ2v) is 4.14. The molecule has 1 aliphatic carbocycles. The SMILES string of the molecule is CC(C)COC(N)OC1CC=CCC1. The van der Waals surface area contributed by atoms with Gasteiger partial charge in [0.2, 0.25) is 6.41 Å². The summed E-state index contributed by atoms with van der Waals surface area (Å²) < 4.78 is 10.9. The van der Waals surface area contributed by atoms with Crippen molar-refractivity contribution in [3.8, 4) is 0 Å². The molecule has 0 spiro atoms. The number of allylic oxidation sites excluding steroid dienone is 1. The molecule has 0 fully saturated rings. The van der Waals surface area contributed by atoms with E-state index in [4.69, 9.17) is 15.2 Å². The molecule has 0 saturated carbocycles. The van der Waals surface area contributed by atoms with Crippen LogP contribution in [0.15, 0.2) is 12.2 Å². The largest absolute Gasteiger partial charge is 0.340 e. The summed E-state index contributed by atoms with van der Waals surface area (Å²) in [5.41, 5.74) is 5.68. The van der Waals surface area contributed by atoms with Crippen LogP contribution >= 0.6 is 0 Å². The van der Waals surface area contributed by atoms with Crippen molar-refractivity contribution in [3.63, 3.8) is 0 Å². The van der Waals surface area contributed by atoms with Gasteiger partial charge in [-0.05, 0) is 25.2 Å². The van der Waals surface area contributed by atoms with Crippen LogP contribution in [0.2, 0.25) is 0 Å². The molecule has 3 heteroatoms. The Morgan fingerprint density at radius 2 is 2.21 bits per heavy atom. The lowest BCUT2D eigenvalue weighted by Gasteiger charge is -2.23. The molecule has 2 atom stereocenters. The molecule has 1 aliphatic rings. The first-order valence-corrected chi connectivity index (χ1v) is 5.36. The van der Waals surface area contributed by atoms with E-state index < -0.39 is 6.41 Å². The third kappa shape index (κ3) is 4.74. The number of nitrogens with two attached hydrogens (primary N) is 1. The summed E-state index contributed by atoms with van der Waals surface area (Å²) in [5, 5.41) is 0. The van der Waals surface area contributed by atoms with E-state index in [1.54, 1.807) is 0 Å². The minimum absolute atomic E-state index is 0.238. The summed E-state index contributed by atoms with van der Waals surface area (Å²) in [6.45, 7) is 4.84. The van der Waals surface area contributed by atoms with Gasteiger partial charge >= 0.3 is 0 Å². The van der Waals surface area contributed by atoms with Crippen molar-refractivity contribution in [1.29, 1.82) is 0 Å². The van der Waals surface area contributed by atoms with Crippen LogP contribution in [0.25, 0.3) is 0 Å². The Labute approximate surface area is 86.3 Å². The third-order valence-electron chi connectivity index (χ3n) is 2.14. The highest BCUT2D eigenvalue weighted by Gasteiger charge is 2.14. The van der Waals surface area contributed by atoms with Crippen molar-refractivity contribution < 1.29 is 9.47 Å². The zero-order chi connectivity index (χ0) is 10.4. The molecule has 0 heterocycles. The summed E-state index contributed by atoms with van der Waals surface area (Å²) in [7, 11) is 0. The minimum atomic E-state index is -0.561. The Bertz CT molecular complexity index is 180. The van der Waals surface area contributed by atoms with E-state index in [-0.39, 0.29) is 6.10 Å². The second kappa shape index (κ2) is 6.17. The highest BCUT2D eigenvalue weighted by molar-refractivity contribution is 4.90. The van der Waals surface area contributed by atoms with Gasteiger partial charge < -0.3 is 9.47 Å². The number of rotatable bonds is 5. The fraction of sp³-hybridized carbons (Fsp3) is 0.818. The van der Waals surface area contributed by atoms with Gasteiger partial charge in [0.15, 0.2) is 0 Å². The van der Waals surface area contributed by atoms with Crippen molar-refractivity contribution in [2.45, 2.75) is 45.6 Å². The standard InChI is InChI=1S/C11H21NO2/c1-9(2)8-13-11(12)14-10-6-4-3-5-7-10/h3-4,9-11H,5-8,12H2,1-2H3. The number of hydrogen-bond acceptors (Lipinski definition) is 3. The smallest absolute Gasteiger partial charge is 0.213 e. The molecule has 2 N–H and O–H groups in total. The second-order valence-electron chi connectivity index (χ2n) is 4.14. The maximum absolute atomic E-state index is 5.68. The van der Waals surface area contributed by atoms with Gasteiger partial charge in [-0.25, -0.2) is 0 Å². The lowest BCUT2D eigenvalue weighted by Crippen LogP contribution is -2.33. The fourth-order valence-electron chi connectivity index (χ4n) is 1.41. The number of hydrogen-bond donors (Lipinski definition) is 1. The lowest BCUT2D eigenvalue weighted by molar-refractivity contribution is -0.172. The topological polar surface area (TPSA) is 44.5 Å². The van der Waals surface area contributed by atoms with Gasteiger partial charge in [-0.1, -0.05) is 26.0 Å². The van der Waals surface area contributed by atoms with Crippen LogP contribution in [-0.2, 0) is 9.47 Å². The molecule has 0 saturated heterocycles. The Kier molecular flexibility index (Phi) is 5.15. The minimum Gasteiger partial charge on any atom is -0.340 e. The molecule has 14 heavy (non-hydrogen) atoms. The lowest BCUT2D eigenvalue weighted by atomic mass is 10.1. The van der Waals surface area contributed by atoms with Crippen molar-refractivity contribution in [1.82, 2.24) is 0 Å². The van der Waals surface area contributed by atoms with Crippen molar-refractivity contribution in [2.75, 3.05) is 6.61 Å². The summed E-state index contributed by atoms with van der Waals surface area (Å²) in [5.74, 6) is 0.496. The Morgan fingerprint density at radius 3 is 2.79 bits per heavy atom. The van der Waals surface area contributed by atoms with E-state index in [2.05, 4.69) is 26.0 Å². The van der Waals surface area contributed by atoms with Crippen molar-refractivity contribution in [2.24, 2.45) is 11.7 Å². The summed E-state index contributed by atoms with van der Waals surface area (Å²) in [4.78, 5) is 0. The van der Waals surface area contributed by atoms with Gasteiger partial charge in [0.05, 0.1) is 12.7 Å². The number of ether oxygens (including phenoxy) is 2. The summed E-state index contributed by atoms with van der Waals surface area (Å²) >= 11 is 0. The average Bonchev–Trinajstić information content (AvgIpc) is 2.16. The van der Waals surface area contributed by atoms with Gasteiger partial charge in [0, 0.05) is 0 Å². The van der Waals surface area contributed by atoms with Gasteiger partial charge in [-0.2, -0.15) is 0 Å². The molecule has 0 aliphatic heterocycles. The van der Waals surface area contributed by atoms with Crippen molar-refractivity contribution in [3.05, 3.63) is 12.2 Å². The molecule has 1 rings (SSSR count). The summed E-state index contributed by atoms with van der Waals surface area (Å²) in [6.07, 6.45) is 7.09. The van der Waals surface area contributed by atoms with Gasteiger partial charge in [0.1, 0.15) is 0 Å². The van der Waals surface area contributed by atoms with Crippen LogP contribution in [0.4, 0.5) is 0 Å². The molecule has 82 valence electrons. The van der Waals surface area contributed by atoms with Crippen LogP contribution in [0.1, 0.15) is 33.1 Å². The molecular formula is C11H21NO2. The maximum Gasteiger partial charge on any atom is 0.213 e. The van der Waals surface area contributed by atoms with Crippen LogP contribution in [0.3, 0.4) is 0 Å². The highest BCUT2D eigenvalue weighted by atomic mass is 16.7. The molecule has 2 unspecified atom stereocenters. The van der Waals surface area contributed by atoms with E-state index in [0.717, 1.165) is 19.3 Å². The van der Waals surface area contributed by atoms with Crippen LogP contribution in [-0.4, -0.2) is 19.1 Å². The fourth-order valence-corrected chi connectivity index (χ4v) is 1.41. The van der Waals surface area contributed by atoms with E-state index in [1.807, 2.05) is 0 Å². The quantitative estimate of drug-likeness (QED) is 0.544. The molecule has 0 bridgehead atoms. The average molecular weight is 199 g/mol. The summed E-state index contributed by atoms with van der Waals surface area (Å²) in [6, 6.07) is 0. The third-order valence-corrected chi connectivity index (χ3v) is 2.14. The molecule has 0 radical (unpaired) electrons.